The molecule has 1 aliphatic heterocycles. The van der Waals surface area contributed by atoms with E-state index in [0.29, 0.717) is 6.04 Å². The highest BCUT2D eigenvalue weighted by Crippen LogP contribution is 2.20. The summed E-state index contributed by atoms with van der Waals surface area (Å²) in [5, 5.41) is 14.0. The van der Waals surface area contributed by atoms with Crippen molar-refractivity contribution in [2.24, 2.45) is 0 Å². The first-order valence-electron chi connectivity index (χ1n) is 10.5. The van der Waals surface area contributed by atoms with Crippen LogP contribution in [0.2, 0.25) is 0 Å². The molecule has 1 aromatic heterocycles. The normalized spacial score (nSPS) is 18.0. The first-order valence-corrected chi connectivity index (χ1v) is 10.5. The SMILES string of the molecule is Cc1ccccc1CN1CCN(Cc2cnn(-c3ccc(F)cc3)c2)CC1CCO. The molecule has 6 heteroatoms. The Balaban J connectivity index is 1.39. The van der Waals surface area contributed by atoms with Gasteiger partial charge in [-0.05, 0) is 48.7 Å². The minimum absolute atomic E-state index is 0.200. The summed E-state index contributed by atoms with van der Waals surface area (Å²) in [4.78, 5) is 4.93. The number of aliphatic hydroxyl groups is 1. The molecule has 2 heterocycles. The fourth-order valence-electron chi connectivity index (χ4n) is 4.17. The van der Waals surface area contributed by atoms with Crippen LogP contribution >= 0.6 is 0 Å². The lowest BCUT2D eigenvalue weighted by Gasteiger charge is -2.41. The zero-order valence-electron chi connectivity index (χ0n) is 17.4. The fraction of sp³-hybridized carbons (Fsp3) is 0.375. The first kappa shape index (κ1) is 20.7. The second kappa shape index (κ2) is 9.51. The van der Waals surface area contributed by atoms with Crippen LogP contribution in [-0.4, -0.2) is 57.0 Å². The van der Waals surface area contributed by atoms with Crippen LogP contribution in [0.3, 0.4) is 0 Å². The molecule has 3 aromatic rings. The second-order valence-corrected chi connectivity index (χ2v) is 8.07. The number of hydrogen-bond donors (Lipinski definition) is 1. The first-order chi connectivity index (χ1) is 14.6. The topological polar surface area (TPSA) is 44.5 Å². The Morgan fingerprint density at radius 3 is 2.63 bits per heavy atom. The quantitative estimate of drug-likeness (QED) is 0.651. The Bertz CT molecular complexity index is 956. The Labute approximate surface area is 177 Å². The molecule has 1 saturated heterocycles. The Hall–Kier alpha value is -2.54. The maximum Gasteiger partial charge on any atom is 0.123 e. The number of piperazine rings is 1. The summed E-state index contributed by atoms with van der Waals surface area (Å²) in [5.41, 5.74) is 4.66. The lowest BCUT2D eigenvalue weighted by atomic mass is 10.0. The molecule has 5 nitrogen and oxygen atoms in total. The lowest BCUT2D eigenvalue weighted by Crippen LogP contribution is -2.52. The maximum absolute atomic E-state index is 13.1. The van der Waals surface area contributed by atoms with E-state index >= 15 is 0 Å². The van der Waals surface area contributed by atoms with Gasteiger partial charge >= 0.3 is 0 Å². The number of aliphatic hydroxyl groups excluding tert-OH is 1. The summed E-state index contributed by atoms with van der Waals surface area (Å²) in [6.07, 6.45) is 4.66. The molecule has 1 unspecified atom stereocenters. The van der Waals surface area contributed by atoms with Gasteiger partial charge in [-0.3, -0.25) is 9.80 Å². The zero-order valence-corrected chi connectivity index (χ0v) is 17.4. The fourth-order valence-corrected chi connectivity index (χ4v) is 4.17. The van der Waals surface area contributed by atoms with E-state index in [1.165, 1.54) is 23.3 Å². The monoisotopic (exact) mass is 408 g/mol. The van der Waals surface area contributed by atoms with E-state index in [1.807, 2.05) is 12.4 Å². The zero-order chi connectivity index (χ0) is 20.9. The van der Waals surface area contributed by atoms with Gasteiger partial charge < -0.3 is 5.11 Å². The molecule has 1 fully saturated rings. The van der Waals surface area contributed by atoms with E-state index < -0.39 is 0 Å². The van der Waals surface area contributed by atoms with Gasteiger partial charge in [0.15, 0.2) is 0 Å². The van der Waals surface area contributed by atoms with Gasteiger partial charge in [0, 0.05) is 57.1 Å². The molecule has 0 spiro atoms. The summed E-state index contributed by atoms with van der Waals surface area (Å²) in [5.74, 6) is -0.246. The van der Waals surface area contributed by atoms with Crippen molar-refractivity contribution in [2.75, 3.05) is 26.2 Å². The third-order valence-corrected chi connectivity index (χ3v) is 5.92. The van der Waals surface area contributed by atoms with Gasteiger partial charge in [-0.2, -0.15) is 5.10 Å². The molecule has 0 radical (unpaired) electrons. The molecule has 0 bridgehead atoms. The highest BCUT2D eigenvalue weighted by atomic mass is 19.1. The van der Waals surface area contributed by atoms with Gasteiger partial charge in [0.2, 0.25) is 0 Å². The Morgan fingerprint density at radius 1 is 1.07 bits per heavy atom. The van der Waals surface area contributed by atoms with E-state index in [4.69, 9.17) is 0 Å². The molecule has 0 saturated carbocycles. The van der Waals surface area contributed by atoms with Crippen molar-refractivity contribution < 1.29 is 9.50 Å². The smallest absolute Gasteiger partial charge is 0.123 e. The molecular weight excluding hydrogens is 379 g/mol. The van der Waals surface area contributed by atoms with E-state index in [9.17, 15) is 9.50 Å². The summed E-state index contributed by atoms with van der Waals surface area (Å²) in [6, 6.07) is 15.2. The van der Waals surface area contributed by atoms with Gasteiger partial charge in [0.05, 0.1) is 11.9 Å². The highest BCUT2D eigenvalue weighted by molar-refractivity contribution is 5.31. The van der Waals surface area contributed by atoms with Gasteiger partial charge in [-0.1, -0.05) is 24.3 Å². The van der Waals surface area contributed by atoms with Crippen LogP contribution in [0.25, 0.3) is 5.69 Å². The van der Waals surface area contributed by atoms with Gasteiger partial charge in [0.1, 0.15) is 5.82 Å². The molecule has 1 atom stereocenters. The number of halogens is 1. The van der Waals surface area contributed by atoms with Crippen molar-refractivity contribution in [3.8, 4) is 5.69 Å². The van der Waals surface area contributed by atoms with Crippen molar-refractivity contribution in [1.82, 2.24) is 19.6 Å². The number of nitrogens with zero attached hydrogens (tertiary/aromatic N) is 4. The van der Waals surface area contributed by atoms with E-state index in [0.717, 1.165) is 50.4 Å². The molecular formula is C24H29FN4O. The van der Waals surface area contributed by atoms with Crippen LogP contribution in [0.15, 0.2) is 60.9 Å². The molecule has 0 aliphatic carbocycles. The van der Waals surface area contributed by atoms with E-state index in [-0.39, 0.29) is 12.4 Å². The van der Waals surface area contributed by atoms with Crippen LogP contribution in [0.4, 0.5) is 4.39 Å². The summed E-state index contributed by atoms with van der Waals surface area (Å²) >= 11 is 0. The maximum atomic E-state index is 13.1. The molecule has 30 heavy (non-hydrogen) atoms. The van der Waals surface area contributed by atoms with Crippen LogP contribution in [0.5, 0.6) is 0 Å². The Kier molecular flexibility index (Phi) is 6.57. The molecule has 4 rings (SSSR count). The molecule has 158 valence electrons. The molecule has 2 aromatic carbocycles. The third-order valence-electron chi connectivity index (χ3n) is 5.92. The van der Waals surface area contributed by atoms with Gasteiger partial charge in [-0.25, -0.2) is 9.07 Å². The van der Waals surface area contributed by atoms with Gasteiger partial charge in [-0.15, -0.1) is 0 Å². The number of aryl methyl sites for hydroxylation is 1. The van der Waals surface area contributed by atoms with Crippen molar-refractivity contribution >= 4 is 0 Å². The average molecular weight is 409 g/mol. The highest BCUT2D eigenvalue weighted by Gasteiger charge is 2.27. The van der Waals surface area contributed by atoms with Crippen LogP contribution in [-0.2, 0) is 13.1 Å². The second-order valence-electron chi connectivity index (χ2n) is 8.07. The van der Waals surface area contributed by atoms with Crippen molar-refractivity contribution in [1.29, 1.82) is 0 Å². The number of benzene rings is 2. The predicted octanol–water partition coefficient (Wildman–Crippen LogP) is 3.39. The minimum atomic E-state index is -0.246. The molecule has 0 amide bonds. The van der Waals surface area contributed by atoms with Crippen molar-refractivity contribution in [3.05, 3.63) is 83.4 Å². The van der Waals surface area contributed by atoms with Crippen LogP contribution in [0.1, 0.15) is 23.1 Å². The average Bonchev–Trinajstić information content (AvgIpc) is 3.20. The van der Waals surface area contributed by atoms with E-state index in [1.54, 1.807) is 16.8 Å². The number of rotatable bonds is 7. The van der Waals surface area contributed by atoms with E-state index in [2.05, 4.69) is 46.1 Å². The third kappa shape index (κ3) is 4.95. The number of aromatic nitrogens is 2. The largest absolute Gasteiger partial charge is 0.396 e. The van der Waals surface area contributed by atoms with Crippen LogP contribution < -0.4 is 0 Å². The Morgan fingerprint density at radius 2 is 1.87 bits per heavy atom. The standard InChI is InChI=1S/C24H29FN4O/c1-19-4-2-3-5-21(19)17-28-12-11-27(18-24(28)10-13-30)15-20-14-26-29(16-20)23-8-6-22(25)7-9-23/h2-9,14,16,24,30H,10-13,15,17-18H2,1H3. The predicted molar refractivity (Wildman–Crippen MR) is 116 cm³/mol. The summed E-state index contributed by atoms with van der Waals surface area (Å²) in [7, 11) is 0. The number of hydrogen-bond acceptors (Lipinski definition) is 4. The summed E-state index contributed by atoms with van der Waals surface area (Å²) in [6.45, 7) is 6.99. The van der Waals surface area contributed by atoms with Crippen molar-refractivity contribution in [3.63, 3.8) is 0 Å². The van der Waals surface area contributed by atoms with Crippen molar-refractivity contribution in [2.45, 2.75) is 32.5 Å². The molecule has 1 aliphatic rings. The summed E-state index contributed by atoms with van der Waals surface area (Å²) < 4.78 is 14.9. The lowest BCUT2D eigenvalue weighted by molar-refractivity contribution is 0.0498. The molecule has 1 N–H and O–H groups in total. The minimum Gasteiger partial charge on any atom is -0.396 e. The van der Waals surface area contributed by atoms with Crippen LogP contribution in [0, 0.1) is 12.7 Å². The van der Waals surface area contributed by atoms with Gasteiger partial charge in [0.25, 0.3) is 0 Å².